The number of thiophene rings is 1. The summed E-state index contributed by atoms with van der Waals surface area (Å²) in [4.78, 5) is 32.2. The lowest BCUT2D eigenvalue weighted by Crippen LogP contribution is -2.36. The summed E-state index contributed by atoms with van der Waals surface area (Å²) < 4.78 is 62.1. The fraction of sp³-hybridized carbons (Fsp3) is 0.160. The number of sulfone groups is 1. The number of hydrogen-bond donors (Lipinski definition) is 0. The van der Waals surface area contributed by atoms with E-state index >= 15 is 0 Å². The van der Waals surface area contributed by atoms with Crippen LogP contribution >= 0.6 is 11.3 Å². The van der Waals surface area contributed by atoms with Crippen molar-refractivity contribution in [3.8, 4) is 0 Å². The summed E-state index contributed by atoms with van der Waals surface area (Å²) >= 11 is 1.50. The van der Waals surface area contributed by atoms with E-state index in [-0.39, 0.29) is 12.2 Å². The second-order valence-electron chi connectivity index (χ2n) is 8.35. The van der Waals surface area contributed by atoms with Crippen molar-refractivity contribution in [2.24, 2.45) is 0 Å². The predicted octanol–water partition coefficient (Wildman–Crippen LogP) is 5.34. The van der Waals surface area contributed by atoms with Crippen LogP contribution < -0.4 is 4.90 Å². The molecule has 1 unspecified atom stereocenters. The van der Waals surface area contributed by atoms with Crippen molar-refractivity contribution < 1.29 is 31.2 Å². The van der Waals surface area contributed by atoms with Gasteiger partial charge in [0.05, 0.1) is 22.1 Å². The Hall–Kier alpha value is -3.77. The van der Waals surface area contributed by atoms with Crippen LogP contribution in [0.4, 0.5) is 23.7 Å². The molecule has 0 saturated carbocycles. The van der Waals surface area contributed by atoms with Crippen LogP contribution in [0.25, 0.3) is 10.9 Å². The van der Waals surface area contributed by atoms with Gasteiger partial charge in [-0.3, -0.25) is 9.78 Å². The van der Waals surface area contributed by atoms with Crippen LogP contribution in [-0.4, -0.2) is 42.3 Å². The van der Waals surface area contributed by atoms with E-state index < -0.39 is 38.2 Å². The Morgan fingerprint density at radius 2 is 1.73 bits per heavy atom. The molecule has 7 nitrogen and oxygen atoms in total. The monoisotopic (exact) mass is 545 g/mol. The third-order valence-corrected chi connectivity index (χ3v) is 8.36. The Kier molecular flexibility index (Phi) is 6.24. The first-order valence-electron chi connectivity index (χ1n) is 11.0. The number of urea groups is 1. The van der Waals surface area contributed by atoms with Crippen LogP contribution in [0.1, 0.15) is 17.2 Å². The van der Waals surface area contributed by atoms with Gasteiger partial charge >= 0.3 is 11.5 Å². The Labute approximate surface area is 213 Å². The first-order valence-corrected chi connectivity index (χ1v) is 13.4. The van der Waals surface area contributed by atoms with E-state index in [0.29, 0.717) is 6.42 Å². The molecule has 3 heterocycles. The van der Waals surface area contributed by atoms with Gasteiger partial charge in [-0.2, -0.15) is 24.5 Å². The van der Waals surface area contributed by atoms with Gasteiger partial charge in [0.15, 0.2) is 0 Å². The molecule has 5 rings (SSSR count). The van der Waals surface area contributed by atoms with Gasteiger partial charge in [0, 0.05) is 11.6 Å². The van der Waals surface area contributed by atoms with E-state index in [9.17, 15) is 31.2 Å². The van der Waals surface area contributed by atoms with Gasteiger partial charge in [-0.1, -0.05) is 18.2 Å². The number of amides is 3. The van der Waals surface area contributed by atoms with E-state index in [1.165, 1.54) is 16.2 Å². The third-order valence-electron chi connectivity index (χ3n) is 6.13. The highest BCUT2D eigenvalue weighted by Gasteiger charge is 2.47. The van der Waals surface area contributed by atoms with Crippen LogP contribution in [0, 0.1) is 0 Å². The molecule has 0 radical (unpaired) electrons. The molecule has 1 aliphatic heterocycles. The van der Waals surface area contributed by atoms with E-state index in [1.807, 2.05) is 41.1 Å². The van der Waals surface area contributed by atoms with E-state index in [2.05, 4.69) is 4.98 Å². The zero-order chi connectivity index (χ0) is 26.4. The maximum absolute atomic E-state index is 13.6. The number of benzene rings is 2. The number of pyridine rings is 1. The highest BCUT2D eigenvalue weighted by molar-refractivity contribution is 7.92. The van der Waals surface area contributed by atoms with Gasteiger partial charge in [-0.05, 0) is 70.8 Å². The van der Waals surface area contributed by atoms with Gasteiger partial charge in [-0.25, -0.2) is 18.1 Å². The minimum atomic E-state index is -5.56. The summed E-state index contributed by atoms with van der Waals surface area (Å²) in [5, 5.41) is 4.69. The molecule has 1 saturated heterocycles. The Balaban J connectivity index is 1.51. The zero-order valence-corrected chi connectivity index (χ0v) is 20.6. The van der Waals surface area contributed by atoms with Crippen molar-refractivity contribution in [3.05, 3.63) is 88.7 Å². The molecule has 1 atom stereocenters. The zero-order valence-electron chi connectivity index (χ0n) is 18.9. The lowest BCUT2D eigenvalue weighted by molar-refractivity contribution is -0.116. The van der Waals surface area contributed by atoms with Gasteiger partial charge in [0.25, 0.3) is 15.7 Å². The largest absolute Gasteiger partial charge is 0.501 e. The summed E-state index contributed by atoms with van der Waals surface area (Å²) in [5.74, 6) is -0.579. The first kappa shape index (κ1) is 24.9. The standard InChI is InChI=1S/C25H18F3N3O4S2/c26-25(27,28)37(34,35)18-7-5-17(6-8-18)31-23(32)14-30(24(31)33)22(13-16-10-12-36-15-16)20-9-11-29-21-4-2-1-3-19(20)21/h1-12,15,22H,13-14H2. The van der Waals surface area contributed by atoms with Crippen LogP contribution in [0.2, 0.25) is 0 Å². The first-order chi connectivity index (χ1) is 17.6. The second kappa shape index (κ2) is 9.27. The van der Waals surface area contributed by atoms with Crippen molar-refractivity contribution >= 4 is 49.7 Å². The smallest absolute Gasteiger partial charge is 0.307 e. The normalized spacial score (nSPS) is 15.5. The van der Waals surface area contributed by atoms with Gasteiger partial charge in [0.2, 0.25) is 0 Å². The minimum absolute atomic E-state index is 0.0208. The molecular weight excluding hydrogens is 527 g/mol. The van der Waals surface area contributed by atoms with Crippen LogP contribution in [-0.2, 0) is 21.1 Å². The number of aromatic nitrogens is 1. The molecule has 2 aromatic heterocycles. The number of anilines is 1. The van der Waals surface area contributed by atoms with Crippen LogP contribution in [0.5, 0.6) is 0 Å². The summed E-state index contributed by atoms with van der Waals surface area (Å²) in [7, 11) is -5.56. The minimum Gasteiger partial charge on any atom is -0.307 e. The van der Waals surface area contributed by atoms with E-state index in [0.717, 1.165) is 51.2 Å². The van der Waals surface area contributed by atoms with Crippen molar-refractivity contribution in [1.29, 1.82) is 0 Å². The number of carbonyl (C=O) groups excluding carboxylic acids is 2. The quantitative estimate of drug-likeness (QED) is 0.305. The van der Waals surface area contributed by atoms with Crippen molar-refractivity contribution in [3.63, 3.8) is 0 Å². The Bertz CT molecular complexity index is 1580. The van der Waals surface area contributed by atoms with Crippen LogP contribution in [0.3, 0.4) is 0 Å². The Morgan fingerprint density at radius 3 is 2.41 bits per heavy atom. The predicted molar refractivity (Wildman–Crippen MR) is 132 cm³/mol. The summed E-state index contributed by atoms with van der Waals surface area (Å²) in [6.07, 6.45) is 2.06. The lowest BCUT2D eigenvalue weighted by atomic mass is 9.96. The summed E-state index contributed by atoms with van der Waals surface area (Å²) in [6.45, 7) is -0.257. The third kappa shape index (κ3) is 4.46. The topological polar surface area (TPSA) is 87.7 Å². The molecule has 3 amide bonds. The summed E-state index contributed by atoms with van der Waals surface area (Å²) in [6, 6.07) is 13.5. The highest BCUT2D eigenvalue weighted by atomic mass is 32.2. The number of rotatable bonds is 6. The van der Waals surface area contributed by atoms with Crippen molar-refractivity contribution in [1.82, 2.24) is 9.88 Å². The molecule has 4 aromatic rings. The molecule has 190 valence electrons. The number of nitrogens with zero attached hydrogens (tertiary/aromatic N) is 3. The number of para-hydroxylation sites is 1. The fourth-order valence-electron chi connectivity index (χ4n) is 4.35. The number of alkyl halides is 3. The lowest BCUT2D eigenvalue weighted by Gasteiger charge is -2.28. The molecule has 37 heavy (non-hydrogen) atoms. The highest BCUT2D eigenvalue weighted by Crippen LogP contribution is 2.36. The molecule has 0 N–H and O–H groups in total. The maximum Gasteiger partial charge on any atom is 0.501 e. The number of imide groups is 1. The molecule has 12 heteroatoms. The number of fused-ring (bicyclic) bond motifs is 1. The van der Waals surface area contributed by atoms with Gasteiger partial charge < -0.3 is 4.90 Å². The second-order valence-corrected chi connectivity index (χ2v) is 11.1. The van der Waals surface area contributed by atoms with Crippen LogP contribution in [0.15, 0.2) is 82.5 Å². The maximum atomic E-state index is 13.6. The average molecular weight is 546 g/mol. The van der Waals surface area contributed by atoms with E-state index in [1.54, 1.807) is 12.3 Å². The average Bonchev–Trinajstić information content (AvgIpc) is 3.49. The molecule has 1 aliphatic rings. The molecule has 0 bridgehead atoms. The number of hydrogen-bond acceptors (Lipinski definition) is 6. The SMILES string of the molecule is O=C1CN(C(Cc2ccsc2)c2ccnc3ccccc23)C(=O)N1c1ccc(S(=O)(=O)C(F)(F)F)cc1. The Morgan fingerprint density at radius 1 is 1.00 bits per heavy atom. The molecule has 0 aliphatic carbocycles. The molecule has 1 fully saturated rings. The molecule has 0 spiro atoms. The number of halogens is 3. The van der Waals surface area contributed by atoms with Crippen molar-refractivity contribution in [2.75, 3.05) is 11.4 Å². The summed E-state index contributed by atoms with van der Waals surface area (Å²) in [5.41, 5.74) is -2.99. The van der Waals surface area contributed by atoms with Gasteiger partial charge in [0.1, 0.15) is 6.54 Å². The van der Waals surface area contributed by atoms with Gasteiger partial charge in [-0.15, -0.1) is 0 Å². The van der Waals surface area contributed by atoms with Crippen molar-refractivity contribution in [2.45, 2.75) is 22.9 Å². The fourth-order valence-corrected chi connectivity index (χ4v) is 5.80. The van der Waals surface area contributed by atoms with E-state index in [4.69, 9.17) is 0 Å². The molecule has 2 aromatic carbocycles. The molecular formula is C25H18F3N3O4S2. The number of carbonyl (C=O) groups is 2.